The van der Waals surface area contributed by atoms with Crippen molar-refractivity contribution in [1.29, 1.82) is 0 Å². The van der Waals surface area contributed by atoms with E-state index in [1.54, 1.807) is 0 Å². The van der Waals surface area contributed by atoms with E-state index in [0.717, 1.165) is 32.1 Å². The Balaban J connectivity index is 1.95. The predicted molar refractivity (Wildman–Crippen MR) is 128 cm³/mol. The molecule has 0 unspecified atom stereocenters. The van der Waals surface area contributed by atoms with E-state index in [-0.39, 0.29) is 45.5 Å². The highest BCUT2D eigenvalue weighted by molar-refractivity contribution is 5.95. The lowest BCUT2D eigenvalue weighted by molar-refractivity contribution is 0.0324. The second-order valence-electron chi connectivity index (χ2n) is 11.6. The fourth-order valence-electron chi connectivity index (χ4n) is 7.38. The van der Waals surface area contributed by atoms with Crippen molar-refractivity contribution in [3.63, 3.8) is 0 Å². The number of carbonyl (C=O) groups excluding carboxylic acids is 2. The summed E-state index contributed by atoms with van der Waals surface area (Å²) >= 11 is 0. The molecule has 0 bridgehead atoms. The number of hydrogen-bond donors (Lipinski definition) is 2. The first-order chi connectivity index (χ1) is 15.5. The predicted octanol–water partition coefficient (Wildman–Crippen LogP) is 6.41. The summed E-state index contributed by atoms with van der Waals surface area (Å²) in [6.07, 6.45) is 8.10. The lowest BCUT2D eigenvalue weighted by atomic mass is 9.58. The first-order valence-electron chi connectivity index (χ1n) is 12.4. The minimum absolute atomic E-state index is 0.00952. The van der Waals surface area contributed by atoms with Gasteiger partial charge < -0.3 is 14.9 Å². The van der Waals surface area contributed by atoms with Crippen LogP contribution >= 0.6 is 0 Å². The van der Waals surface area contributed by atoms with Crippen molar-refractivity contribution in [1.82, 2.24) is 0 Å². The smallest absolute Gasteiger partial charge is 0.157 e. The van der Waals surface area contributed by atoms with Crippen molar-refractivity contribution in [3.05, 3.63) is 28.3 Å². The lowest BCUT2D eigenvalue weighted by Gasteiger charge is -2.47. The number of phenols is 2. The molecule has 1 aromatic rings. The molecule has 0 amide bonds. The average Bonchev–Trinajstić information content (AvgIpc) is 3.04. The molecule has 2 N–H and O–H groups in total. The van der Waals surface area contributed by atoms with Gasteiger partial charge in [-0.05, 0) is 55.3 Å². The maximum atomic E-state index is 12.0. The Morgan fingerprint density at radius 3 is 2.36 bits per heavy atom. The van der Waals surface area contributed by atoms with Gasteiger partial charge in [-0.1, -0.05) is 53.2 Å². The monoisotopic (exact) mass is 454 g/mol. The van der Waals surface area contributed by atoms with E-state index in [4.69, 9.17) is 4.74 Å². The molecule has 1 heterocycles. The summed E-state index contributed by atoms with van der Waals surface area (Å²) in [6.45, 7) is 13.4. The Labute approximate surface area is 197 Å². The fourth-order valence-corrected chi connectivity index (χ4v) is 7.38. The molecule has 5 heteroatoms. The molecule has 5 nitrogen and oxygen atoms in total. The molecule has 1 saturated carbocycles. The van der Waals surface area contributed by atoms with Crippen LogP contribution in [0.1, 0.15) is 106 Å². The second kappa shape index (κ2) is 8.18. The van der Waals surface area contributed by atoms with E-state index < -0.39 is 5.75 Å². The largest absolute Gasteiger partial charge is 0.507 e. The SMILES string of the molecule is CC(C)C[C@H]1c2c(O)c(C=O)c(O)c(C=O)c2O[C@@H]2C[C@@]3(C[C@@]21C)C(C(C)C)=CCC[C@@H]3C. The van der Waals surface area contributed by atoms with Gasteiger partial charge in [0.05, 0.1) is 11.1 Å². The highest BCUT2D eigenvalue weighted by atomic mass is 16.5. The Morgan fingerprint density at radius 2 is 1.79 bits per heavy atom. The van der Waals surface area contributed by atoms with Crippen LogP contribution in [-0.4, -0.2) is 28.9 Å². The van der Waals surface area contributed by atoms with Crippen molar-refractivity contribution in [2.75, 3.05) is 0 Å². The van der Waals surface area contributed by atoms with Crippen molar-refractivity contribution in [2.24, 2.45) is 28.6 Å². The summed E-state index contributed by atoms with van der Waals surface area (Å²) in [7, 11) is 0. The number of fused-ring (bicyclic) bond motifs is 2. The van der Waals surface area contributed by atoms with Crippen LogP contribution in [0.15, 0.2) is 11.6 Å². The number of ether oxygens (including phenoxy) is 1. The number of benzene rings is 1. The molecule has 33 heavy (non-hydrogen) atoms. The minimum Gasteiger partial charge on any atom is -0.507 e. The quantitative estimate of drug-likeness (QED) is 0.397. The van der Waals surface area contributed by atoms with E-state index in [1.807, 2.05) is 0 Å². The molecule has 2 aliphatic carbocycles. The van der Waals surface area contributed by atoms with Gasteiger partial charge in [0, 0.05) is 16.9 Å². The maximum Gasteiger partial charge on any atom is 0.157 e. The molecule has 0 aromatic heterocycles. The van der Waals surface area contributed by atoms with Crippen molar-refractivity contribution >= 4 is 12.6 Å². The van der Waals surface area contributed by atoms with Crippen LogP contribution in [0.2, 0.25) is 0 Å². The number of aromatic hydroxyl groups is 2. The highest BCUT2D eigenvalue weighted by Gasteiger charge is 2.63. The molecular weight excluding hydrogens is 416 g/mol. The zero-order chi connectivity index (χ0) is 24.3. The number of allylic oxidation sites excluding steroid dienone is 2. The summed E-state index contributed by atoms with van der Waals surface area (Å²) in [5, 5.41) is 21.7. The number of aldehydes is 2. The van der Waals surface area contributed by atoms with Crippen LogP contribution in [0.5, 0.6) is 17.2 Å². The van der Waals surface area contributed by atoms with Crippen molar-refractivity contribution in [2.45, 2.75) is 85.7 Å². The Hall–Kier alpha value is -2.30. The van der Waals surface area contributed by atoms with Gasteiger partial charge >= 0.3 is 0 Å². The van der Waals surface area contributed by atoms with Gasteiger partial charge in [-0.3, -0.25) is 9.59 Å². The second-order valence-corrected chi connectivity index (χ2v) is 11.6. The molecule has 4 rings (SSSR count). The van der Waals surface area contributed by atoms with E-state index in [9.17, 15) is 19.8 Å². The molecule has 0 radical (unpaired) electrons. The Bertz CT molecular complexity index is 1010. The summed E-state index contributed by atoms with van der Waals surface area (Å²) in [5.74, 6) is 0.709. The van der Waals surface area contributed by atoms with Gasteiger partial charge in [0.1, 0.15) is 23.4 Å². The first-order valence-corrected chi connectivity index (χ1v) is 12.4. The van der Waals surface area contributed by atoms with Crippen molar-refractivity contribution < 1.29 is 24.5 Å². The molecular formula is C28H38O5. The molecule has 5 atom stereocenters. The van der Waals surface area contributed by atoms with Crippen molar-refractivity contribution in [3.8, 4) is 17.2 Å². The van der Waals surface area contributed by atoms with Gasteiger partial charge in [-0.25, -0.2) is 0 Å². The maximum absolute atomic E-state index is 12.0. The fraction of sp³-hybridized carbons (Fsp3) is 0.643. The lowest BCUT2D eigenvalue weighted by Crippen LogP contribution is -2.42. The number of phenolic OH excluding ortho intramolecular Hbond substituents is 2. The van der Waals surface area contributed by atoms with E-state index in [0.29, 0.717) is 35.9 Å². The third kappa shape index (κ3) is 3.33. The van der Waals surface area contributed by atoms with E-state index in [1.165, 1.54) is 5.57 Å². The summed E-state index contributed by atoms with van der Waals surface area (Å²) in [4.78, 5) is 23.8. The summed E-state index contributed by atoms with van der Waals surface area (Å²) < 4.78 is 6.56. The first kappa shape index (κ1) is 23.8. The van der Waals surface area contributed by atoms with Gasteiger partial charge in [0.15, 0.2) is 12.6 Å². The zero-order valence-corrected chi connectivity index (χ0v) is 20.8. The number of hydrogen-bond acceptors (Lipinski definition) is 5. The Morgan fingerprint density at radius 1 is 1.12 bits per heavy atom. The molecule has 1 fully saturated rings. The number of carbonyl (C=O) groups is 2. The highest BCUT2D eigenvalue weighted by Crippen LogP contribution is 2.69. The van der Waals surface area contributed by atoms with Gasteiger partial charge in [0.2, 0.25) is 0 Å². The molecule has 3 aliphatic rings. The van der Waals surface area contributed by atoms with Crippen LogP contribution in [0.3, 0.4) is 0 Å². The topological polar surface area (TPSA) is 83.8 Å². The standard InChI is InChI=1S/C28H38O5/c1-15(2)10-21-23-25(32)18(12-29)24(31)19(13-30)26(23)33-22-11-28(14-27(21,22)6)17(5)8-7-9-20(28)16(3)4/h9,12-13,15-17,21-22,31-32H,7-8,10-11,14H2,1-6H3/t17-,21-,22+,27+,28-/m0/s1. The molecule has 1 aromatic carbocycles. The average molecular weight is 455 g/mol. The van der Waals surface area contributed by atoms with Gasteiger partial charge in [0.25, 0.3) is 0 Å². The number of rotatable bonds is 5. The van der Waals surface area contributed by atoms with E-state index >= 15 is 0 Å². The van der Waals surface area contributed by atoms with Crippen LogP contribution in [-0.2, 0) is 0 Å². The van der Waals surface area contributed by atoms with Gasteiger partial charge in [-0.15, -0.1) is 0 Å². The molecule has 1 aliphatic heterocycles. The zero-order valence-electron chi connectivity index (χ0n) is 20.8. The van der Waals surface area contributed by atoms with Crippen LogP contribution < -0.4 is 4.74 Å². The van der Waals surface area contributed by atoms with Crippen LogP contribution in [0.25, 0.3) is 0 Å². The van der Waals surface area contributed by atoms with Crippen LogP contribution in [0.4, 0.5) is 0 Å². The molecule has 1 spiro atoms. The third-order valence-corrected chi connectivity index (χ3v) is 8.94. The van der Waals surface area contributed by atoms with Crippen LogP contribution in [0, 0.1) is 28.6 Å². The molecule has 180 valence electrons. The summed E-state index contributed by atoms with van der Waals surface area (Å²) in [5.41, 5.74) is 1.50. The normalized spacial score (nSPS) is 33.0. The molecule has 0 saturated heterocycles. The Kier molecular flexibility index (Phi) is 5.91. The summed E-state index contributed by atoms with van der Waals surface area (Å²) in [6, 6.07) is 0. The third-order valence-electron chi connectivity index (χ3n) is 8.94. The van der Waals surface area contributed by atoms with E-state index in [2.05, 4.69) is 47.6 Å². The van der Waals surface area contributed by atoms with Gasteiger partial charge in [-0.2, -0.15) is 0 Å². The minimum atomic E-state index is -0.496.